The number of halogens is 1. The van der Waals surface area contributed by atoms with Crippen LogP contribution in [-0.4, -0.2) is 23.5 Å². The Morgan fingerprint density at radius 2 is 2.05 bits per heavy atom. The van der Waals surface area contributed by atoms with E-state index in [0.29, 0.717) is 5.89 Å². The Morgan fingerprint density at radius 1 is 1.33 bits per heavy atom. The van der Waals surface area contributed by atoms with Crippen molar-refractivity contribution in [1.82, 2.24) is 10.2 Å². The molecule has 0 N–H and O–H groups in total. The molecule has 0 spiro atoms. The van der Waals surface area contributed by atoms with Crippen molar-refractivity contribution >= 4 is 25.4 Å². The molecule has 1 aliphatic carbocycles. The Labute approximate surface area is 123 Å². The standard InChI is InChI=1S/C11H8ClN3O5S/c12-21(18,19)9-5-7(15(16)17)3-4-8(9)11-14-13-10(20-11)6-1-2-6/h3-6H,1-2H2. The van der Waals surface area contributed by atoms with Gasteiger partial charge < -0.3 is 4.42 Å². The maximum Gasteiger partial charge on any atom is 0.270 e. The van der Waals surface area contributed by atoms with E-state index in [0.717, 1.165) is 25.0 Å². The van der Waals surface area contributed by atoms with Crippen LogP contribution in [0.2, 0.25) is 0 Å². The topological polar surface area (TPSA) is 116 Å². The lowest BCUT2D eigenvalue weighted by molar-refractivity contribution is -0.385. The Balaban J connectivity index is 2.13. The number of nitrogens with zero attached hydrogens (tertiary/aromatic N) is 3. The summed E-state index contributed by atoms with van der Waals surface area (Å²) in [6, 6.07) is 3.26. The third-order valence-electron chi connectivity index (χ3n) is 3.04. The van der Waals surface area contributed by atoms with Crippen LogP contribution in [0.1, 0.15) is 24.7 Å². The number of nitro groups is 1. The highest BCUT2D eigenvalue weighted by molar-refractivity contribution is 8.13. The van der Waals surface area contributed by atoms with Crippen LogP contribution in [0.5, 0.6) is 0 Å². The molecule has 0 amide bonds. The molecule has 0 bridgehead atoms. The molecule has 1 aromatic carbocycles. The number of benzene rings is 1. The molecule has 1 heterocycles. The second-order valence-electron chi connectivity index (χ2n) is 4.60. The Morgan fingerprint density at radius 3 is 2.62 bits per heavy atom. The Kier molecular flexibility index (Phi) is 3.18. The normalized spacial score (nSPS) is 15.1. The minimum Gasteiger partial charge on any atom is -0.420 e. The van der Waals surface area contributed by atoms with Crippen molar-refractivity contribution in [3.63, 3.8) is 0 Å². The predicted molar refractivity (Wildman–Crippen MR) is 71.4 cm³/mol. The van der Waals surface area contributed by atoms with Crippen molar-refractivity contribution in [2.24, 2.45) is 0 Å². The van der Waals surface area contributed by atoms with Gasteiger partial charge in [0.15, 0.2) is 0 Å². The molecule has 8 nitrogen and oxygen atoms in total. The molecule has 21 heavy (non-hydrogen) atoms. The van der Waals surface area contributed by atoms with Crippen molar-refractivity contribution in [3.05, 3.63) is 34.2 Å². The highest BCUT2D eigenvalue weighted by Crippen LogP contribution is 2.40. The van der Waals surface area contributed by atoms with E-state index in [4.69, 9.17) is 15.1 Å². The first-order valence-electron chi connectivity index (χ1n) is 5.93. The van der Waals surface area contributed by atoms with Gasteiger partial charge in [0.2, 0.25) is 11.8 Å². The molecule has 1 fully saturated rings. The van der Waals surface area contributed by atoms with E-state index in [1.807, 2.05) is 0 Å². The molecule has 1 saturated carbocycles. The third kappa shape index (κ3) is 2.74. The first-order chi connectivity index (χ1) is 9.86. The van der Waals surface area contributed by atoms with Gasteiger partial charge in [-0.3, -0.25) is 10.1 Å². The molecule has 0 saturated heterocycles. The summed E-state index contributed by atoms with van der Waals surface area (Å²) < 4.78 is 28.6. The number of aromatic nitrogens is 2. The number of non-ortho nitro benzene ring substituents is 1. The van der Waals surface area contributed by atoms with Gasteiger partial charge in [-0.25, -0.2) is 8.42 Å². The van der Waals surface area contributed by atoms with Crippen LogP contribution in [0.25, 0.3) is 11.5 Å². The van der Waals surface area contributed by atoms with Crippen molar-refractivity contribution in [2.45, 2.75) is 23.7 Å². The van der Waals surface area contributed by atoms with E-state index in [9.17, 15) is 18.5 Å². The maximum atomic E-state index is 11.6. The van der Waals surface area contributed by atoms with Gasteiger partial charge in [0.05, 0.1) is 10.5 Å². The predicted octanol–water partition coefficient (Wildman–Crippen LogP) is 2.45. The lowest BCUT2D eigenvalue weighted by atomic mass is 10.2. The van der Waals surface area contributed by atoms with E-state index >= 15 is 0 Å². The summed E-state index contributed by atoms with van der Waals surface area (Å²) in [6.07, 6.45) is 1.89. The molecular formula is C11H8ClN3O5S. The highest BCUT2D eigenvalue weighted by atomic mass is 35.7. The van der Waals surface area contributed by atoms with Crippen LogP contribution in [0.3, 0.4) is 0 Å². The van der Waals surface area contributed by atoms with E-state index in [2.05, 4.69) is 10.2 Å². The van der Waals surface area contributed by atoms with Gasteiger partial charge in [-0.05, 0) is 18.9 Å². The summed E-state index contributed by atoms with van der Waals surface area (Å²) in [5.41, 5.74) is -0.338. The average Bonchev–Trinajstić information content (AvgIpc) is 3.15. The number of nitro benzene ring substituents is 1. The monoisotopic (exact) mass is 329 g/mol. The SMILES string of the molecule is O=[N+]([O-])c1ccc(-c2nnc(C3CC3)o2)c(S(=O)(=O)Cl)c1. The van der Waals surface area contributed by atoms with Crippen LogP contribution in [0, 0.1) is 10.1 Å². The zero-order valence-electron chi connectivity index (χ0n) is 10.4. The van der Waals surface area contributed by atoms with Gasteiger partial charge in [-0.2, -0.15) is 0 Å². The van der Waals surface area contributed by atoms with E-state index < -0.39 is 18.9 Å². The number of hydrogen-bond acceptors (Lipinski definition) is 7. The first-order valence-corrected chi connectivity index (χ1v) is 8.24. The van der Waals surface area contributed by atoms with Gasteiger partial charge in [-0.1, -0.05) is 0 Å². The summed E-state index contributed by atoms with van der Waals surface area (Å²) in [5.74, 6) is 0.618. The number of hydrogen-bond donors (Lipinski definition) is 0. The van der Waals surface area contributed by atoms with Gasteiger partial charge in [0.25, 0.3) is 14.7 Å². The quantitative estimate of drug-likeness (QED) is 0.480. The smallest absolute Gasteiger partial charge is 0.270 e. The van der Waals surface area contributed by atoms with Gasteiger partial charge in [-0.15, -0.1) is 10.2 Å². The Hall–Kier alpha value is -2.00. The van der Waals surface area contributed by atoms with Crippen LogP contribution < -0.4 is 0 Å². The van der Waals surface area contributed by atoms with Crippen molar-refractivity contribution in [2.75, 3.05) is 0 Å². The van der Waals surface area contributed by atoms with E-state index in [-0.39, 0.29) is 23.1 Å². The summed E-state index contributed by atoms with van der Waals surface area (Å²) in [5, 5.41) is 18.4. The maximum absolute atomic E-state index is 11.6. The first kappa shape index (κ1) is 14.0. The molecule has 1 aromatic heterocycles. The molecule has 2 aromatic rings. The molecular weight excluding hydrogens is 322 g/mol. The minimum absolute atomic E-state index is 0.0222. The summed E-state index contributed by atoms with van der Waals surface area (Å²) in [7, 11) is 1.14. The average molecular weight is 330 g/mol. The zero-order valence-corrected chi connectivity index (χ0v) is 12.0. The fourth-order valence-electron chi connectivity index (χ4n) is 1.84. The fraction of sp³-hybridized carbons (Fsp3) is 0.273. The Bertz CT molecular complexity index is 828. The largest absolute Gasteiger partial charge is 0.420 e. The minimum atomic E-state index is -4.19. The van der Waals surface area contributed by atoms with Crippen molar-refractivity contribution in [3.8, 4) is 11.5 Å². The lowest BCUT2D eigenvalue weighted by Crippen LogP contribution is -1.97. The van der Waals surface area contributed by atoms with Gasteiger partial charge in [0.1, 0.15) is 4.90 Å². The fourth-order valence-corrected chi connectivity index (χ4v) is 2.90. The second-order valence-corrected chi connectivity index (χ2v) is 7.13. The van der Waals surface area contributed by atoms with Crippen molar-refractivity contribution in [1.29, 1.82) is 0 Å². The molecule has 10 heteroatoms. The molecule has 0 atom stereocenters. The lowest BCUT2D eigenvalue weighted by Gasteiger charge is -2.02. The van der Waals surface area contributed by atoms with Gasteiger partial charge >= 0.3 is 0 Å². The summed E-state index contributed by atoms with van der Waals surface area (Å²) in [6.45, 7) is 0. The molecule has 0 aliphatic heterocycles. The molecule has 110 valence electrons. The zero-order chi connectivity index (χ0) is 15.2. The molecule has 1 aliphatic rings. The van der Waals surface area contributed by atoms with Crippen LogP contribution >= 0.6 is 10.7 Å². The molecule has 0 radical (unpaired) electrons. The van der Waals surface area contributed by atoms with Gasteiger partial charge in [0, 0.05) is 28.7 Å². The van der Waals surface area contributed by atoms with Crippen molar-refractivity contribution < 1.29 is 17.8 Å². The van der Waals surface area contributed by atoms with Crippen LogP contribution in [-0.2, 0) is 9.05 Å². The van der Waals surface area contributed by atoms with Crippen LogP contribution in [0.15, 0.2) is 27.5 Å². The van der Waals surface area contributed by atoms with E-state index in [1.54, 1.807) is 0 Å². The second kappa shape index (κ2) is 4.78. The third-order valence-corrected chi connectivity index (χ3v) is 4.40. The van der Waals surface area contributed by atoms with Crippen LogP contribution in [0.4, 0.5) is 5.69 Å². The highest BCUT2D eigenvalue weighted by Gasteiger charge is 2.31. The number of rotatable bonds is 4. The summed E-state index contributed by atoms with van der Waals surface area (Å²) in [4.78, 5) is 9.61. The molecule has 3 rings (SSSR count). The molecule has 0 unspecified atom stereocenters. The summed E-state index contributed by atoms with van der Waals surface area (Å²) >= 11 is 0. The van der Waals surface area contributed by atoms with E-state index in [1.165, 1.54) is 6.07 Å².